The van der Waals surface area contributed by atoms with Crippen molar-refractivity contribution in [1.29, 1.82) is 0 Å². The van der Waals surface area contributed by atoms with Crippen LogP contribution in [0.1, 0.15) is 18.0 Å². The van der Waals surface area contributed by atoms with Gasteiger partial charge in [0.2, 0.25) is 0 Å². The molecule has 1 aromatic carbocycles. The third-order valence-electron chi connectivity index (χ3n) is 2.23. The van der Waals surface area contributed by atoms with Gasteiger partial charge in [-0.3, -0.25) is 0 Å². The average molecular weight is 165 g/mol. The van der Waals surface area contributed by atoms with E-state index in [1.165, 1.54) is 6.07 Å². The Bertz CT molecular complexity index is 295. The second-order valence-corrected chi connectivity index (χ2v) is 3.04. The first-order valence-corrected chi connectivity index (χ1v) is 4.02. The maximum atomic E-state index is 9.19. The van der Waals surface area contributed by atoms with Crippen LogP contribution in [0, 0.1) is 0 Å². The molecule has 0 unspecified atom stereocenters. The molecule has 12 heavy (non-hydrogen) atoms. The number of benzene rings is 1. The molecular weight excluding hydrogens is 154 g/mol. The number of nitrogens with one attached hydrogen (secondary N) is 1. The second kappa shape index (κ2) is 2.68. The first kappa shape index (κ1) is 7.43. The zero-order chi connectivity index (χ0) is 8.55. The lowest BCUT2D eigenvalue weighted by atomic mass is 9.98. The Morgan fingerprint density at radius 2 is 2.00 bits per heavy atom. The summed E-state index contributed by atoms with van der Waals surface area (Å²) in [5.41, 5.74) is 1.04. The molecule has 0 aromatic heterocycles. The van der Waals surface area contributed by atoms with Crippen molar-refractivity contribution in [3.63, 3.8) is 0 Å². The Hall–Kier alpha value is -1.22. The van der Waals surface area contributed by atoms with Gasteiger partial charge < -0.3 is 15.5 Å². The lowest BCUT2D eigenvalue weighted by molar-refractivity contribution is 0.375. The van der Waals surface area contributed by atoms with Crippen molar-refractivity contribution in [3.8, 4) is 11.5 Å². The molecule has 0 radical (unpaired) electrons. The van der Waals surface area contributed by atoms with E-state index in [-0.39, 0.29) is 11.5 Å². The molecule has 0 amide bonds. The van der Waals surface area contributed by atoms with Gasteiger partial charge in [-0.2, -0.15) is 0 Å². The average Bonchev–Trinajstić information content (AvgIpc) is 1.93. The minimum atomic E-state index is -0.0573. The molecule has 64 valence electrons. The van der Waals surface area contributed by atoms with Crippen LogP contribution in [0.25, 0.3) is 0 Å². The van der Waals surface area contributed by atoms with Crippen molar-refractivity contribution in [2.24, 2.45) is 0 Å². The summed E-state index contributed by atoms with van der Waals surface area (Å²) in [6, 6.07) is 5.30. The Labute approximate surface area is 70.7 Å². The molecule has 2 rings (SSSR count). The van der Waals surface area contributed by atoms with E-state index in [0.717, 1.165) is 18.5 Å². The molecule has 3 N–H and O–H groups in total. The van der Waals surface area contributed by atoms with Crippen LogP contribution < -0.4 is 5.32 Å². The third-order valence-corrected chi connectivity index (χ3v) is 2.23. The lowest BCUT2D eigenvalue weighted by Crippen LogP contribution is -2.34. The first-order valence-electron chi connectivity index (χ1n) is 4.02. The zero-order valence-corrected chi connectivity index (χ0v) is 6.62. The molecule has 0 bridgehead atoms. The molecule has 0 spiro atoms. The van der Waals surface area contributed by atoms with Gasteiger partial charge in [0.1, 0.15) is 0 Å². The van der Waals surface area contributed by atoms with E-state index in [4.69, 9.17) is 5.11 Å². The van der Waals surface area contributed by atoms with Gasteiger partial charge in [0, 0.05) is 6.04 Å². The number of rotatable bonds is 1. The summed E-state index contributed by atoms with van der Waals surface area (Å²) in [6.45, 7) is 1.03. The van der Waals surface area contributed by atoms with Crippen LogP contribution >= 0.6 is 0 Å². The van der Waals surface area contributed by atoms with Crippen LogP contribution in [-0.2, 0) is 0 Å². The molecule has 1 heterocycles. The van der Waals surface area contributed by atoms with E-state index in [9.17, 15) is 5.11 Å². The predicted molar refractivity (Wildman–Crippen MR) is 45.1 cm³/mol. The molecule has 3 heteroatoms. The lowest BCUT2D eigenvalue weighted by Gasteiger charge is -2.28. The summed E-state index contributed by atoms with van der Waals surface area (Å²) in [7, 11) is 0. The number of aromatic hydroxyl groups is 2. The Kier molecular flexibility index (Phi) is 1.66. The Morgan fingerprint density at radius 3 is 2.50 bits per heavy atom. The Balaban J connectivity index is 2.27. The minimum Gasteiger partial charge on any atom is -0.504 e. The van der Waals surface area contributed by atoms with Crippen LogP contribution in [0.3, 0.4) is 0 Å². The summed E-state index contributed by atoms with van der Waals surface area (Å²) in [4.78, 5) is 0. The van der Waals surface area contributed by atoms with Crippen molar-refractivity contribution < 1.29 is 10.2 Å². The van der Waals surface area contributed by atoms with E-state index in [1.54, 1.807) is 6.07 Å². The number of phenols is 2. The van der Waals surface area contributed by atoms with E-state index >= 15 is 0 Å². The number of hydrogen-bond acceptors (Lipinski definition) is 3. The minimum absolute atomic E-state index is 0.0406. The van der Waals surface area contributed by atoms with Crippen LogP contribution in [0.4, 0.5) is 0 Å². The predicted octanol–water partition coefficient (Wildman–Crippen LogP) is 1.13. The van der Waals surface area contributed by atoms with Crippen LogP contribution in [0.2, 0.25) is 0 Å². The fourth-order valence-corrected chi connectivity index (χ4v) is 1.33. The van der Waals surface area contributed by atoms with Gasteiger partial charge in [0.25, 0.3) is 0 Å². The third kappa shape index (κ3) is 1.12. The van der Waals surface area contributed by atoms with Crippen molar-refractivity contribution in [2.75, 3.05) is 6.54 Å². The topological polar surface area (TPSA) is 52.5 Å². The van der Waals surface area contributed by atoms with E-state index in [1.807, 2.05) is 6.07 Å². The smallest absolute Gasteiger partial charge is 0.157 e. The van der Waals surface area contributed by atoms with Gasteiger partial charge in [0.05, 0.1) is 0 Å². The zero-order valence-electron chi connectivity index (χ0n) is 6.62. The number of phenolic OH excluding ortho intramolecular Hbond substituents is 2. The molecule has 3 nitrogen and oxygen atoms in total. The number of hydrogen-bond donors (Lipinski definition) is 3. The highest BCUT2D eigenvalue weighted by Crippen LogP contribution is 2.30. The standard InChI is InChI=1S/C9H11NO2/c11-8-2-1-6(5-9(8)12)7-3-4-10-7/h1-2,5,7,10-12H,3-4H2/t7-/m1/s1. The molecule has 0 aliphatic carbocycles. The molecule has 0 saturated carbocycles. The summed E-state index contributed by atoms with van der Waals surface area (Å²) < 4.78 is 0. The molecule has 1 aromatic rings. The van der Waals surface area contributed by atoms with Crippen LogP contribution in [-0.4, -0.2) is 16.8 Å². The van der Waals surface area contributed by atoms with Gasteiger partial charge in [-0.05, 0) is 30.7 Å². The largest absolute Gasteiger partial charge is 0.504 e. The van der Waals surface area contributed by atoms with Crippen molar-refractivity contribution in [3.05, 3.63) is 23.8 Å². The first-order chi connectivity index (χ1) is 5.77. The monoisotopic (exact) mass is 165 g/mol. The van der Waals surface area contributed by atoms with Gasteiger partial charge in [-0.15, -0.1) is 0 Å². The maximum absolute atomic E-state index is 9.19. The highest BCUT2D eigenvalue weighted by Gasteiger charge is 2.18. The summed E-state index contributed by atoms with van der Waals surface area (Å²) in [5, 5.41) is 21.5. The summed E-state index contributed by atoms with van der Waals surface area (Å²) in [5.74, 6) is -0.0979. The molecule has 1 atom stereocenters. The van der Waals surface area contributed by atoms with Gasteiger partial charge in [-0.25, -0.2) is 0 Å². The van der Waals surface area contributed by atoms with Gasteiger partial charge in [0.15, 0.2) is 11.5 Å². The van der Waals surface area contributed by atoms with Crippen LogP contribution in [0.5, 0.6) is 11.5 Å². The fraction of sp³-hybridized carbons (Fsp3) is 0.333. The van der Waals surface area contributed by atoms with Crippen LogP contribution in [0.15, 0.2) is 18.2 Å². The molecule has 1 aliphatic heterocycles. The molecule has 1 aliphatic rings. The van der Waals surface area contributed by atoms with E-state index in [2.05, 4.69) is 5.32 Å². The second-order valence-electron chi connectivity index (χ2n) is 3.04. The summed E-state index contributed by atoms with van der Waals surface area (Å²) >= 11 is 0. The summed E-state index contributed by atoms with van der Waals surface area (Å²) in [6.07, 6.45) is 1.10. The van der Waals surface area contributed by atoms with E-state index < -0.39 is 0 Å². The Morgan fingerprint density at radius 1 is 1.25 bits per heavy atom. The van der Waals surface area contributed by atoms with Crippen molar-refractivity contribution in [1.82, 2.24) is 5.32 Å². The van der Waals surface area contributed by atoms with E-state index in [0.29, 0.717) is 6.04 Å². The van der Waals surface area contributed by atoms with Crippen molar-refractivity contribution >= 4 is 0 Å². The van der Waals surface area contributed by atoms with Gasteiger partial charge in [-0.1, -0.05) is 6.07 Å². The normalized spacial score (nSPS) is 21.8. The molecular formula is C9H11NO2. The maximum Gasteiger partial charge on any atom is 0.157 e. The highest BCUT2D eigenvalue weighted by atomic mass is 16.3. The molecule has 1 saturated heterocycles. The fourth-order valence-electron chi connectivity index (χ4n) is 1.33. The van der Waals surface area contributed by atoms with Crippen molar-refractivity contribution in [2.45, 2.75) is 12.5 Å². The SMILES string of the molecule is Oc1ccc([C@H]2CCN2)cc1O. The van der Waals surface area contributed by atoms with Gasteiger partial charge >= 0.3 is 0 Å². The quantitative estimate of drug-likeness (QED) is 0.547. The highest BCUT2D eigenvalue weighted by molar-refractivity contribution is 5.41. The molecule has 1 fully saturated rings.